The van der Waals surface area contributed by atoms with Crippen molar-refractivity contribution in [3.8, 4) is 0 Å². The number of nitrogens with two attached hydrogens (primary N) is 1. The molecule has 3 N–H and O–H groups in total. The number of carbonyl (C=O) groups is 1. The summed E-state index contributed by atoms with van der Waals surface area (Å²) in [7, 11) is 0. The van der Waals surface area contributed by atoms with Crippen LogP contribution in [0.15, 0.2) is 0 Å². The zero-order chi connectivity index (χ0) is 10.8. The molecule has 0 radical (unpaired) electrons. The molecule has 0 aliphatic heterocycles. The number of nitrogens with zero attached hydrogens (tertiary/aromatic N) is 1. The quantitative estimate of drug-likeness (QED) is 0.208. The Morgan fingerprint density at radius 3 is 2.14 bits per heavy atom. The summed E-state index contributed by atoms with van der Waals surface area (Å²) in [5.74, 6) is 4.45. The molecule has 0 aliphatic carbocycles. The summed E-state index contributed by atoms with van der Waals surface area (Å²) in [4.78, 5) is 10.8. The van der Waals surface area contributed by atoms with Gasteiger partial charge in [0.05, 0.1) is 0 Å². The molecule has 0 aliphatic rings. The number of rotatable bonds is 8. The van der Waals surface area contributed by atoms with Crippen molar-refractivity contribution < 1.29 is 10.0 Å². The molecule has 0 spiro atoms. The minimum atomic E-state index is -0.404. The van der Waals surface area contributed by atoms with Gasteiger partial charge in [-0.15, -0.1) is 0 Å². The molecule has 4 nitrogen and oxygen atoms in total. The van der Waals surface area contributed by atoms with Crippen LogP contribution in [0.1, 0.15) is 58.3 Å². The fourth-order valence-corrected chi connectivity index (χ4v) is 1.35. The van der Waals surface area contributed by atoms with Gasteiger partial charge in [-0.25, -0.2) is 5.84 Å². The van der Waals surface area contributed by atoms with Gasteiger partial charge in [0.25, 0.3) is 5.91 Å². The first-order valence-corrected chi connectivity index (χ1v) is 5.45. The molecule has 14 heavy (non-hydrogen) atoms. The van der Waals surface area contributed by atoms with Gasteiger partial charge in [-0.05, 0) is 6.42 Å². The molecule has 84 valence electrons. The van der Waals surface area contributed by atoms with Crippen molar-refractivity contribution in [3.05, 3.63) is 0 Å². The molecule has 0 heterocycles. The molecular weight excluding hydrogens is 180 g/mol. The summed E-state index contributed by atoms with van der Waals surface area (Å²) in [6.45, 7) is 2.19. The minimum absolute atomic E-state index is 0.178. The normalized spacial score (nSPS) is 10.2. The predicted molar refractivity (Wildman–Crippen MR) is 55.4 cm³/mol. The highest BCUT2D eigenvalue weighted by molar-refractivity contribution is 5.74. The second-order valence-corrected chi connectivity index (χ2v) is 3.61. The minimum Gasteiger partial charge on any atom is -0.271 e. The Hall–Kier alpha value is -0.610. The maximum atomic E-state index is 10.8. The molecular formula is C10H22N2O2. The van der Waals surface area contributed by atoms with Crippen LogP contribution in [0, 0.1) is 0 Å². The van der Waals surface area contributed by atoms with Crippen molar-refractivity contribution in [1.29, 1.82) is 0 Å². The number of hydrogen-bond acceptors (Lipinski definition) is 3. The molecule has 0 unspecified atom stereocenters. The number of hydrogen-bond donors (Lipinski definition) is 2. The standard InChI is InChI=1S/C10H22N2O2/c1-2-3-4-5-6-7-8-9-10(13)12(11)14/h14H,2-9,11H2,1H3. The van der Waals surface area contributed by atoms with E-state index in [9.17, 15) is 4.79 Å². The lowest BCUT2D eigenvalue weighted by molar-refractivity contribution is -0.166. The van der Waals surface area contributed by atoms with Crippen LogP contribution in [0.3, 0.4) is 0 Å². The van der Waals surface area contributed by atoms with Gasteiger partial charge in [-0.2, -0.15) is 5.17 Å². The van der Waals surface area contributed by atoms with Crippen LogP contribution in [-0.2, 0) is 4.79 Å². The van der Waals surface area contributed by atoms with Crippen LogP contribution in [0.25, 0.3) is 0 Å². The van der Waals surface area contributed by atoms with E-state index in [4.69, 9.17) is 11.0 Å². The van der Waals surface area contributed by atoms with Gasteiger partial charge in [0.15, 0.2) is 0 Å². The summed E-state index contributed by atoms with van der Waals surface area (Å²) in [5.41, 5.74) is 0. The van der Waals surface area contributed by atoms with E-state index >= 15 is 0 Å². The fourth-order valence-electron chi connectivity index (χ4n) is 1.35. The summed E-state index contributed by atoms with van der Waals surface area (Å²) >= 11 is 0. The molecule has 0 fully saturated rings. The molecule has 0 atom stereocenters. The van der Waals surface area contributed by atoms with E-state index < -0.39 is 5.91 Å². The zero-order valence-corrected chi connectivity index (χ0v) is 9.04. The first-order chi connectivity index (χ1) is 6.68. The van der Waals surface area contributed by atoms with Crippen molar-refractivity contribution >= 4 is 5.91 Å². The zero-order valence-electron chi connectivity index (χ0n) is 9.04. The fraction of sp³-hybridized carbons (Fsp3) is 0.900. The molecule has 0 aromatic rings. The largest absolute Gasteiger partial charge is 0.271 e. The molecule has 0 aromatic heterocycles. The maximum absolute atomic E-state index is 10.8. The molecule has 0 bridgehead atoms. The van der Waals surface area contributed by atoms with E-state index in [-0.39, 0.29) is 5.17 Å². The second-order valence-electron chi connectivity index (χ2n) is 3.61. The van der Waals surface area contributed by atoms with E-state index in [1.165, 1.54) is 32.1 Å². The summed E-state index contributed by atoms with van der Waals surface area (Å²) in [6.07, 6.45) is 8.46. The van der Waals surface area contributed by atoms with E-state index in [1.54, 1.807) is 0 Å². The average molecular weight is 202 g/mol. The van der Waals surface area contributed by atoms with Gasteiger partial charge >= 0.3 is 0 Å². The Morgan fingerprint density at radius 2 is 1.64 bits per heavy atom. The van der Waals surface area contributed by atoms with Crippen LogP contribution in [0.5, 0.6) is 0 Å². The van der Waals surface area contributed by atoms with Crippen molar-refractivity contribution in [1.82, 2.24) is 5.17 Å². The topological polar surface area (TPSA) is 66.6 Å². The monoisotopic (exact) mass is 202 g/mol. The van der Waals surface area contributed by atoms with Crippen LogP contribution in [-0.4, -0.2) is 16.3 Å². The van der Waals surface area contributed by atoms with Crippen molar-refractivity contribution in [2.45, 2.75) is 58.3 Å². The summed E-state index contributed by atoms with van der Waals surface area (Å²) in [5, 5.41) is 8.73. The Bertz CT molecular complexity index is 149. The van der Waals surface area contributed by atoms with Gasteiger partial charge in [0.1, 0.15) is 0 Å². The van der Waals surface area contributed by atoms with Crippen LogP contribution in [0.4, 0.5) is 0 Å². The number of carbonyl (C=O) groups excluding carboxylic acids is 1. The summed E-state index contributed by atoms with van der Waals surface area (Å²) < 4.78 is 0. The van der Waals surface area contributed by atoms with Crippen LogP contribution < -0.4 is 5.84 Å². The van der Waals surface area contributed by atoms with E-state index in [1.807, 2.05) is 0 Å². The van der Waals surface area contributed by atoms with Gasteiger partial charge in [-0.1, -0.05) is 45.4 Å². The Balaban J connectivity index is 3.10. The lowest BCUT2D eigenvalue weighted by Gasteiger charge is -2.06. The predicted octanol–water partition coefficient (Wildman–Crippen LogP) is 2.22. The number of hydrazine groups is 1. The van der Waals surface area contributed by atoms with Crippen LogP contribution >= 0.6 is 0 Å². The molecule has 0 saturated heterocycles. The van der Waals surface area contributed by atoms with Gasteiger partial charge in [-0.3, -0.25) is 10.0 Å². The highest BCUT2D eigenvalue weighted by atomic mass is 16.5. The maximum Gasteiger partial charge on any atom is 0.260 e. The molecule has 0 saturated carbocycles. The molecule has 0 rings (SSSR count). The van der Waals surface area contributed by atoms with Crippen molar-refractivity contribution in [3.63, 3.8) is 0 Å². The molecule has 0 aromatic carbocycles. The molecule has 1 amide bonds. The van der Waals surface area contributed by atoms with E-state index in [2.05, 4.69) is 6.92 Å². The third kappa shape index (κ3) is 8.01. The van der Waals surface area contributed by atoms with E-state index in [0.717, 1.165) is 12.8 Å². The van der Waals surface area contributed by atoms with Crippen molar-refractivity contribution in [2.24, 2.45) is 5.84 Å². The number of hydroxylamine groups is 1. The first-order valence-electron chi connectivity index (χ1n) is 5.45. The molecule has 4 heteroatoms. The highest BCUT2D eigenvalue weighted by Gasteiger charge is 2.04. The van der Waals surface area contributed by atoms with Gasteiger partial charge in [0, 0.05) is 6.42 Å². The van der Waals surface area contributed by atoms with Gasteiger partial charge in [0.2, 0.25) is 0 Å². The number of unbranched alkanes of at least 4 members (excludes halogenated alkanes) is 6. The van der Waals surface area contributed by atoms with Crippen LogP contribution in [0.2, 0.25) is 0 Å². The SMILES string of the molecule is CCCCCCCCCC(=O)N(N)O. The third-order valence-electron chi connectivity index (χ3n) is 2.25. The first kappa shape index (κ1) is 13.4. The Kier molecular flexibility index (Phi) is 8.57. The second kappa shape index (κ2) is 8.97. The van der Waals surface area contributed by atoms with Crippen molar-refractivity contribution in [2.75, 3.05) is 0 Å². The third-order valence-corrected chi connectivity index (χ3v) is 2.25. The number of amides is 1. The Morgan fingerprint density at radius 1 is 1.14 bits per heavy atom. The highest BCUT2D eigenvalue weighted by Crippen LogP contribution is 2.08. The Labute approximate surface area is 86.0 Å². The van der Waals surface area contributed by atoms with E-state index in [0.29, 0.717) is 6.42 Å². The summed E-state index contributed by atoms with van der Waals surface area (Å²) in [6, 6.07) is 0. The van der Waals surface area contributed by atoms with Gasteiger partial charge < -0.3 is 0 Å². The smallest absolute Gasteiger partial charge is 0.260 e. The average Bonchev–Trinajstić information content (AvgIpc) is 2.16. The lowest BCUT2D eigenvalue weighted by Crippen LogP contribution is -2.33. The lowest BCUT2D eigenvalue weighted by atomic mass is 10.1.